The minimum Gasteiger partial charge on any atom is -0.494 e. The summed E-state index contributed by atoms with van der Waals surface area (Å²) >= 11 is 0. The highest BCUT2D eigenvalue weighted by atomic mass is 19.1. The van der Waals surface area contributed by atoms with E-state index in [9.17, 15) is 14.3 Å². The number of methoxy groups -OCH3 is 2. The van der Waals surface area contributed by atoms with E-state index in [1.807, 2.05) is 0 Å². The zero-order valence-corrected chi connectivity index (χ0v) is 9.99. The number of ether oxygens (including phenoxy) is 2. The maximum absolute atomic E-state index is 13.5. The molecule has 94 valence electrons. The quantitative estimate of drug-likeness (QED) is 0.855. The summed E-state index contributed by atoms with van der Waals surface area (Å²) in [6.07, 6.45) is 0. The van der Waals surface area contributed by atoms with Crippen LogP contribution < -0.4 is 4.74 Å². The van der Waals surface area contributed by atoms with Crippen LogP contribution in [0.5, 0.6) is 5.75 Å². The fourth-order valence-electron chi connectivity index (χ4n) is 1.57. The molecule has 0 radical (unpaired) electrons. The van der Waals surface area contributed by atoms with Gasteiger partial charge in [-0.15, -0.1) is 0 Å². The third-order valence-electron chi connectivity index (χ3n) is 2.69. The molecule has 0 heterocycles. The van der Waals surface area contributed by atoms with Crippen molar-refractivity contribution in [3.05, 3.63) is 29.6 Å². The van der Waals surface area contributed by atoms with Crippen molar-refractivity contribution in [2.24, 2.45) is 0 Å². The summed E-state index contributed by atoms with van der Waals surface area (Å²) in [4.78, 5) is 11.2. The zero-order valence-electron chi connectivity index (χ0n) is 9.99. The van der Waals surface area contributed by atoms with Gasteiger partial charge in [0.1, 0.15) is 5.41 Å². The van der Waals surface area contributed by atoms with Gasteiger partial charge in [-0.2, -0.15) is 0 Å². The summed E-state index contributed by atoms with van der Waals surface area (Å²) in [6, 6.07) is 4.09. The highest BCUT2D eigenvalue weighted by Crippen LogP contribution is 2.28. The lowest BCUT2D eigenvalue weighted by Gasteiger charge is -2.24. The van der Waals surface area contributed by atoms with E-state index in [2.05, 4.69) is 0 Å². The van der Waals surface area contributed by atoms with Crippen LogP contribution in [0, 0.1) is 5.82 Å². The van der Waals surface area contributed by atoms with Gasteiger partial charge >= 0.3 is 5.97 Å². The molecule has 0 spiro atoms. The first-order valence-electron chi connectivity index (χ1n) is 5.02. The number of hydrogen-bond acceptors (Lipinski definition) is 3. The van der Waals surface area contributed by atoms with Crippen molar-refractivity contribution >= 4 is 5.97 Å². The number of carboxylic acid groups (broad SMARTS) is 1. The second-order valence-electron chi connectivity index (χ2n) is 3.92. The van der Waals surface area contributed by atoms with Crippen molar-refractivity contribution in [3.8, 4) is 5.75 Å². The van der Waals surface area contributed by atoms with Gasteiger partial charge in [-0.1, -0.05) is 6.07 Å². The predicted molar refractivity (Wildman–Crippen MR) is 59.8 cm³/mol. The van der Waals surface area contributed by atoms with Crippen LogP contribution in [0.25, 0.3) is 0 Å². The molecule has 0 aliphatic rings. The molecule has 0 bridgehead atoms. The summed E-state index contributed by atoms with van der Waals surface area (Å²) in [6.45, 7) is 1.45. The Hall–Kier alpha value is -1.62. The number of carboxylic acids is 1. The van der Waals surface area contributed by atoms with Crippen LogP contribution in [0.3, 0.4) is 0 Å². The van der Waals surface area contributed by atoms with Crippen LogP contribution in [-0.2, 0) is 14.9 Å². The summed E-state index contributed by atoms with van der Waals surface area (Å²) in [5.41, 5.74) is -0.938. The first-order valence-corrected chi connectivity index (χ1v) is 5.02. The number of rotatable bonds is 5. The fourth-order valence-corrected chi connectivity index (χ4v) is 1.57. The molecule has 0 amide bonds. The molecule has 5 heteroatoms. The molecule has 0 fully saturated rings. The first kappa shape index (κ1) is 13.4. The third kappa shape index (κ3) is 2.55. The van der Waals surface area contributed by atoms with E-state index in [-0.39, 0.29) is 12.4 Å². The van der Waals surface area contributed by atoms with Gasteiger partial charge < -0.3 is 14.6 Å². The van der Waals surface area contributed by atoms with Crippen LogP contribution in [0.15, 0.2) is 18.2 Å². The molecule has 1 aromatic rings. The molecular formula is C12H15FO4. The standard InChI is InChI=1S/C12H15FO4/c1-12(7-16-2,11(14)15)8-4-5-10(17-3)9(13)6-8/h4-6H,7H2,1-3H3,(H,14,15). The number of benzene rings is 1. The SMILES string of the molecule is COCC(C)(C(=O)O)c1ccc(OC)c(F)c1. The molecule has 1 rings (SSSR count). The van der Waals surface area contributed by atoms with Gasteiger partial charge in [0.05, 0.1) is 13.7 Å². The van der Waals surface area contributed by atoms with E-state index in [1.54, 1.807) is 0 Å². The molecule has 0 aliphatic carbocycles. The Labute approximate surface area is 99.0 Å². The Morgan fingerprint density at radius 2 is 2.12 bits per heavy atom. The Kier molecular flexibility index (Phi) is 4.07. The van der Waals surface area contributed by atoms with Gasteiger partial charge in [0.2, 0.25) is 0 Å². The van der Waals surface area contributed by atoms with E-state index < -0.39 is 17.2 Å². The molecule has 1 N–H and O–H groups in total. The van der Waals surface area contributed by atoms with Crippen molar-refractivity contribution in [2.75, 3.05) is 20.8 Å². The van der Waals surface area contributed by atoms with Crippen molar-refractivity contribution in [1.82, 2.24) is 0 Å². The second-order valence-corrected chi connectivity index (χ2v) is 3.92. The lowest BCUT2D eigenvalue weighted by Crippen LogP contribution is -2.37. The Balaban J connectivity index is 3.20. The minimum absolute atomic E-state index is 0.0336. The summed E-state index contributed by atoms with van der Waals surface area (Å²) < 4.78 is 23.2. The van der Waals surface area contributed by atoms with Gasteiger partial charge in [-0.25, -0.2) is 4.39 Å². The van der Waals surface area contributed by atoms with Gasteiger partial charge in [0.15, 0.2) is 11.6 Å². The fraction of sp³-hybridized carbons (Fsp3) is 0.417. The predicted octanol–water partition coefficient (Wildman–Crippen LogP) is 1.82. The summed E-state index contributed by atoms with van der Waals surface area (Å²) in [7, 11) is 2.75. The molecule has 17 heavy (non-hydrogen) atoms. The molecular weight excluding hydrogens is 227 g/mol. The summed E-state index contributed by atoms with van der Waals surface area (Å²) in [5.74, 6) is -1.57. The molecule has 0 aromatic heterocycles. The van der Waals surface area contributed by atoms with E-state index in [4.69, 9.17) is 9.47 Å². The van der Waals surface area contributed by atoms with E-state index in [0.717, 1.165) is 6.07 Å². The van der Waals surface area contributed by atoms with Gasteiger partial charge in [0.25, 0.3) is 0 Å². The topological polar surface area (TPSA) is 55.8 Å². The lowest BCUT2D eigenvalue weighted by molar-refractivity contribution is -0.145. The van der Waals surface area contributed by atoms with Crippen molar-refractivity contribution in [1.29, 1.82) is 0 Å². The van der Waals surface area contributed by atoms with E-state index in [0.29, 0.717) is 5.56 Å². The Morgan fingerprint density at radius 3 is 2.53 bits per heavy atom. The maximum atomic E-state index is 13.5. The third-order valence-corrected chi connectivity index (χ3v) is 2.69. The van der Waals surface area contributed by atoms with Gasteiger partial charge in [0, 0.05) is 7.11 Å². The normalized spacial score (nSPS) is 14.1. The van der Waals surface area contributed by atoms with Crippen LogP contribution in [0.4, 0.5) is 4.39 Å². The molecule has 1 unspecified atom stereocenters. The monoisotopic (exact) mass is 242 g/mol. The Morgan fingerprint density at radius 1 is 1.47 bits per heavy atom. The first-order chi connectivity index (χ1) is 7.95. The highest BCUT2D eigenvalue weighted by molar-refractivity contribution is 5.81. The van der Waals surface area contributed by atoms with Crippen molar-refractivity contribution < 1.29 is 23.8 Å². The molecule has 0 aliphatic heterocycles. The van der Waals surface area contributed by atoms with Gasteiger partial charge in [-0.3, -0.25) is 4.79 Å². The van der Waals surface area contributed by atoms with Crippen LogP contribution in [0.2, 0.25) is 0 Å². The average molecular weight is 242 g/mol. The number of carbonyl (C=O) groups is 1. The number of aliphatic carboxylic acids is 1. The van der Waals surface area contributed by atoms with E-state index >= 15 is 0 Å². The number of hydrogen-bond donors (Lipinski definition) is 1. The van der Waals surface area contributed by atoms with Crippen LogP contribution in [-0.4, -0.2) is 31.9 Å². The van der Waals surface area contributed by atoms with Crippen LogP contribution >= 0.6 is 0 Å². The number of halogens is 1. The Bertz CT molecular complexity index is 419. The van der Waals surface area contributed by atoms with Crippen molar-refractivity contribution in [2.45, 2.75) is 12.3 Å². The smallest absolute Gasteiger partial charge is 0.316 e. The highest BCUT2D eigenvalue weighted by Gasteiger charge is 2.36. The molecule has 4 nitrogen and oxygen atoms in total. The van der Waals surface area contributed by atoms with Crippen LogP contribution in [0.1, 0.15) is 12.5 Å². The van der Waals surface area contributed by atoms with E-state index in [1.165, 1.54) is 33.3 Å². The molecule has 1 atom stereocenters. The lowest BCUT2D eigenvalue weighted by atomic mass is 9.83. The second kappa shape index (κ2) is 5.14. The molecule has 0 saturated carbocycles. The van der Waals surface area contributed by atoms with Crippen molar-refractivity contribution in [3.63, 3.8) is 0 Å². The minimum atomic E-state index is -1.28. The molecule has 1 aromatic carbocycles. The average Bonchev–Trinajstić information content (AvgIpc) is 2.28. The maximum Gasteiger partial charge on any atom is 0.316 e. The zero-order chi connectivity index (χ0) is 13.1. The summed E-state index contributed by atoms with van der Waals surface area (Å²) in [5, 5.41) is 9.20. The van der Waals surface area contributed by atoms with Gasteiger partial charge in [-0.05, 0) is 24.6 Å². The largest absolute Gasteiger partial charge is 0.494 e. The molecule has 0 saturated heterocycles.